The molecule has 1 aromatic rings. The average molecular weight is 175 g/mol. The van der Waals surface area contributed by atoms with Crippen molar-refractivity contribution in [2.45, 2.75) is 6.92 Å². The van der Waals surface area contributed by atoms with E-state index in [0.717, 1.165) is 5.56 Å². The van der Waals surface area contributed by atoms with E-state index in [2.05, 4.69) is 6.07 Å². The van der Waals surface area contributed by atoms with Crippen molar-refractivity contribution in [2.24, 2.45) is 0 Å². The van der Waals surface area contributed by atoms with Gasteiger partial charge in [0.15, 0.2) is 0 Å². The lowest BCUT2D eigenvalue weighted by Crippen LogP contribution is -1.98. The second-order valence-corrected chi connectivity index (χ2v) is 2.42. The molecule has 0 spiro atoms. The third-order valence-corrected chi connectivity index (χ3v) is 1.43. The molecule has 13 heavy (non-hydrogen) atoms. The summed E-state index contributed by atoms with van der Waals surface area (Å²) in [5, 5.41) is 0. The summed E-state index contributed by atoms with van der Waals surface area (Å²) in [4.78, 5) is 10.9. The molecular weight excluding hydrogens is 164 g/mol. The van der Waals surface area contributed by atoms with Crippen LogP contribution in [0.15, 0.2) is 30.3 Å². The Morgan fingerprint density at radius 3 is 3.15 bits per heavy atom. The molecule has 0 amide bonds. The average Bonchev–Trinajstić information content (AvgIpc) is 2.17. The van der Waals surface area contributed by atoms with Crippen LogP contribution in [-0.2, 0) is 9.53 Å². The van der Waals surface area contributed by atoms with Crippen LogP contribution in [0, 0.1) is 6.07 Å². The molecule has 67 valence electrons. The molecule has 1 radical (unpaired) electrons. The van der Waals surface area contributed by atoms with Gasteiger partial charge in [-0.2, -0.15) is 0 Å². The molecule has 0 heterocycles. The smallest absolute Gasteiger partial charge is 0.330 e. The van der Waals surface area contributed by atoms with Crippen molar-refractivity contribution in [1.29, 1.82) is 0 Å². The van der Waals surface area contributed by atoms with E-state index < -0.39 is 0 Å². The zero-order valence-corrected chi connectivity index (χ0v) is 7.49. The molecule has 0 bridgehead atoms. The molecule has 0 saturated heterocycles. The van der Waals surface area contributed by atoms with Crippen molar-refractivity contribution in [1.82, 2.24) is 0 Å². The van der Waals surface area contributed by atoms with Crippen molar-refractivity contribution in [3.63, 3.8) is 0 Å². The standard InChI is InChI=1S/C11H11O2/c1-2-13-11(12)9-8-10-6-4-3-5-7-10/h3-4,6-9H,2H2,1H3. The van der Waals surface area contributed by atoms with Crippen LogP contribution in [0.5, 0.6) is 0 Å². The minimum Gasteiger partial charge on any atom is -0.463 e. The molecule has 0 unspecified atom stereocenters. The number of ether oxygens (including phenoxy) is 1. The lowest BCUT2D eigenvalue weighted by Gasteiger charge is -1.94. The van der Waals surface area contributed by atoms with Crippen LogP contribution in [0.4, 0.5) is 0 Å². The van der Waals surface area contributed by atoms with E-state index in [1.54, 1.807) is 19.1 Å². The van der Waals surface area contributed by atoms with Gasteiger partial charge in [-0.3, -0.25) is 0 Å². The topological polar surface area (TPSA) is 26.3 Å². The number of hydrogen-bond donors (Lipinski definition) is 0. The van der Waals surface area contributed by atoms with Gasteiger partial charge in [-0.05, 0) is 30.7 Å². The maximum absolute atomic E-state index is 10.9. The summed E-state index contributed by atoms with van der Waals surface area (Å²) in [5.41, 5.74) is 0.940. The van der Waals surface area contributed by atoms with Gasteiger partial charge in [0.1, 0.15) is 0 Å². The molecule has 2 heteroatoms. The van der Waals surface area contributed by atoms with Crippen molar-refractivity contribution < 1.29 is 9.53 Å². The normalized spacial score (nSPS) is 10.2. The van der Waals surface area contributed by atoms with Gasteiger partial charge >= 0.3 is 5.97 Å². The fourth-order valence-corrected chi connectivity index (χ4v) is 0.866. The zero-order valence-electron chi connectivity index (χ0n) is 7.49. The maximum atomic E-state index is 10.9. The summed E-state index contributed by atoms with van der Waals surface area (Å²) in [7, 11) is 0. The van der Waals surface area contributed by atoms with Crippen molar-refractivity contribution >= 4 is 12.0 Å². The predicted octanol–water partition coefficient (Wildman–Crippen LogP) is 2.06. The summed E-state index contributed by atoms with van der Waals surface area (Å²) < 4.78 is 4.73. The Balaban J connectivity index is 2.54. The first-order valence-electron chi connectivity index (χ1n) is 4.14. The summed E-state index contributed by atoms with van der Waals surface area (Å²) in [6.45, 7) is 2.19. The number of benzene rings is 1. The lowest BCUT2D eigenvalue weighted by atomic mass is 10.2. The molecule has 1 aromatic carbocycles. The van der Waals surface area contributed by atoms with Gasteiger partial charge in [-0.1, -0.05) is 18.2 Å². The molecule has 0 aliphatic rings. The molecule has 0 aliphatic carbocycles. The Morgan fingerprint density at radius 1 is 1.69 bits per heavy atom. The lowest BCUT2D eigenvalue weighted by molar-refractivity contribution is -0.137. The van der Waals surface area contributed by atoms with Gasteiger partial charge in [0.25, 0.3) is 0 Å². The first-order valence-corrected chi connectivity index (χ1v) is 4.14. The van der Waals surface area contributed by atoms with Crippen molar-refractivity contribution in [2.75, 3.05) is 6.61 Å². The quantitative estimate of drug-likeness (QED) is 0.519. The van der Waals surface area contributed by atoms with E-state index in [1.165, 1.54) is 6.08 Å². The van der Waals surface area contributed by atoms with Gasteiger partial charge in [0, 0.05) is 6.08 Å². The fraction of sp³-hybridized carbons (Fsp3) is 0.182. The Morgan fingerprint density at radius 2 is 2.54 bits per heavy atom. The summed E-state index contributed by atoms with van der Waals surface area (Å²) in [6.07, 6.45) is 3.11. The SMILES string of the molecule is CCOC(=O)C=Cc1c[c]ccc1. The molecule has 1 rings (SSSR count). The largest absolute Gasteiger partial charge is 0.463 e. The Labute approximate surface area is 77.8 Å². The first kappa shape index (κ1) is 9.52. The van der Waals surface area contributed by atoms with Gasteiger partial charge in [0.05, 0.1) is 6.61 Å². The van der Waals surface area contributed by atoms with Crippen LogP contribution in [0.25, 0.3) is 6.08 Å². The predicted molar refractivity (Wildman–Crippen MR) is 50.9 cm³/mol. The van der Waals surface area contributed by atoms with Crippen LogP contribution in [0.3, 0.4) is 0 Å². The van der Waals surface area contributed by atoms with E-state index in [4.69, 9.17) is 4.74 Å². The molecule has 0 saturated carbocycles. The van der Waals surface area contributed by atoms with Gasteiger partial charge < -0.3 is 4.74 Å². The minimum atomic E-state index is -0.314. The number of hydrogen-bond acceptors (Lipinski definition) is 2. The van der Waals surface area contributed by atoms with E-state index in [0.29, 0.717) is 6.61 Å². The number of esters is 1. The zero-order chi connectivity index (χ0) is 9.52. The third-order valence-electron chi connectivity index (χ3n) is 1.43. The molecule has 0 aliphatic heterocycles. The minimum absolute atomic E-state index is 0.314. The highest BCUT2D eigenvalue weighted by molar-refractivity contribution is 5.86. The van der Waals surface area contributed by atoms with Gasteiger partial charge in [0.2, 0.25) is 0 Å². The number of carbonyl (C=O) groups is 1. The number of carbonyl (C=O) groups excluding carboxylic acids is 1. The summed E-state index contributed by atoms with van der Waals surface area (Å²) in [6, 6.07) is 10.3. The fourth-order valence-electron chi connectivity index (χ4n) is 0.866. The molecule has 0 N–H and O–H groups in total. The molecule has 0 aromatic heterocycles. The second kappa shape index (κ2) is 5.14. The van der Waals surface area contributed by atoms with Gasteiger partial charge in [-0.15, -0.1) is 0 Å². The third kappa shape index (κ3) is 3.56. The van der Waals surface area contributed by atoms with E-state index in [-0.39, 0.29) is 5.97 Å². The maximum Gasteiger partial charge on any atom is 0.330 e. The molecule has 2 nitrogen and oxygen atoms in total. The highest BCUT2D eigenvalue weighted by atomic mass is 16.5. The van der Waals surface area contributed by atoms with Crippen LogP contribution in [0.2, 0.25) is 0 Å². The van der Waals surface area contributed by atoms with Crippen molar-refractivity contribution in [3.8, 4) is 0 Å². The molecule has 0 fully saturated rings. The second-order valence-electron chi connectivity index (χ2n) is 2.42. The monoisotopic (exact) mass is 175 g/mol. The van der Waals surface area contributed by atoms with Crippen LogP contribution in [0.1, 0.15) is 12.5 Å². The van der Waals surface area contributed by atoms with Crippen LogP contribution in [-0.4, -0.2) is 12.6 Å². The van der Waals surface area contributed by atoms with E-state index >= 15 is 0 Å². The Hall–Kier alpha value is -1.57. The highest BCUT2D eigenvalue weighted by Crippen LogP contribution is 2.00. The van der Waals surface area contributed by atoms with Gasteiger partial charge in [-0.25, -0.2) is 4.79 Å². The number of rotatable bonds is 3. The van der Waals surface area contributed by atoms with E-state index in [1.807, 2.05) is 18.2 Å². The molecule has 0 atom stereocenters. The van der Waals surface area contributed by atoms with Crippen LogP contribution >= 0.6 is 0 Å². The molecular formula is C11H11O2. The van der Waals surface area contributed by atoms with Crippen LogP contribution < -0.4 is 0 Å². The summed E-state index contributed by atoms with van der Waals surface area (Å²) in [5.74, 6) is -0.314. The van der Waals surface area contributed by atoms with E-state index in [9.17, 15) is 4.79 Å². The Bertz CT molecular complexity index is 288. The summed E-state index contributed by atoms with van der Waals surface area (Å²) >= 11 is 0. The Kier molecular flexibility index (Phi) is 3.76. The first-order chi connectivity index (χ1) is 6.33. The highest BCUT2D eigenvalue weighted by Gasteiger charge is 1.92. The van der Waals surface area contributed by atoms with Crippen molar-refractivity contribution in [3.05, 3.63) is 42.0 Å².